The molecule has 6 nitrogen and oxygen atoms in total. The Labute approximate surface area is 113 Å². The van der Waals surface area contributed by atoms with Gasteiger partial charge in [0, 0.05) is 13.6 Å². The Kier molecular flexibility index (Phi) is 5.39. The minimum atomic E-state index is -0.186. The molecule has 0 aliphatic carbocycles. The first kappa shape index (κ1) is 13.9. The Hall–Kier alpha value is -1.12. The van der Waals surface area contributed by atoms with Crippen LogP contribution in [0.5, 0.6) is 0 Å². The first-order valence-electron chi connectivity index (χ1n) is 5.28. The van der Waals surface area contributed by atoms with Crippen molar-refractivity contribution in [1.82, 2.24) is 15.3 Å². The lowest BCUT2D eigenvalue weighted by molar-refractivity contribution is -0.119. The van der Waals surface area contributed by atoms with Crippen LogP contribution in [0, 0.1) is 3.57 Å². The molecule has 1 rings (SSSR count). The van der Waals surface area contributed by atoms with Gasteiger partial charge in [0.1, 0.15) is 9.39 Å². The fourth-order valence-corrected chi connectivity index (χ4v) is 2.01. The number of aromatic amines is 1. The summed E-state index contributed by atoms with van der Waals surface area (Å²) in [6, 6.07) is 0. The summed E-state index contributed by atoms with van der Waals surface area (Å²) in [6.45, 7) is 2.90. The molecule has 0 aliphatic heterocycles. The third kappa shape index (κ3) is 3.69. The number of likely N-dealkylation sites (N-methyl/N-ethyl adjacent to an activating group) is 1. The van der Waals surface area contributed by atoms with Gasteiger partial charge in [-0.2, -0.15) is 0 Å². The van der Waals surface area contributed by atoms with E-state index in [4.69, 9.17) is 0 Å². The molecule has 0 bridgehead atoms. The summed E-state index contributed by atoms with van der Waals surface area (Å²) in [4.78, 5) is 31.3. The lowest BCUT2D eigenvalue weighted by Crippen LogP contribution is -2.38. The van der Waals surface area contributed by atoms with Crippen molar-refractivity contribution in [1.29, 1.82) is 0 Å². The zero-order valence-electron chi connectivity index (χ0n) is 9.79. The van der Waals surface area contributed by atoms with Crippen molar-refractivity contribution in [2.45, 2.75) is 13.3 Å². The van der Waals surface area contributed by atoms with Crippen molar-refractivity contribution in [2.75, 3.05) is 25.0 Å². The lowest BCUT2D eigenvalue weighted by atomic mass is 10.3. The van der Waals surface area contributed by atoms with Gasteiger partial charge in [-0.25, -0.2) is 4.98 Å². The Bertz CT molecular complexity index is 446. The molecular weight excluding hydrogens is 335 g/mol. The van der Waals surface area contributed by atoms with Gasteiger partial charge >= 0.3 is 0 Å². The maximum absolute atomic E-state index is 11.5. The fourth-order valence-electron chi connectivity index (χ4n) is 1.38. The molecule has 0 saturated heterocycles. The number of H-pyrrole nitrogens is 1. The van der Waals surface area contributed by atoms with Gasteiger partial charge in [-0.05, 0) is 29.0 Å². The molecule has 0 radical (unpaired) electrons. The highest BCUT2D eigenvalue weighted by molar-refractivity contribution is 14.1. The van der Waals surface area contributed by atoms with Gasteiger partial charge in [0.15, 0.2) is 0 Å². The van der Waals surface area contributed by atoms with Gasteiger partial charge < -0.3 is 15.2 Å². The number of halogens is 1. The van der Waals surface area contributed by atoms with Crippen LogP contribution in [-0.2, 0) is 4.79 Å². The molecule has 94 valence electrons. The van der Waals surface area contributed by atoms with Crippen molar-refractivity contribution in [3.63, 3.8) is 0 Å². The minimum absolute atomic E-state index is 0.101. The van der Waals surface area contributed by atoms with Crippen LogP contribution >= 0.6 is 22.6 Å². The molecule has 0 fully saturated rings. The van der Waals surface area contributed by atoms with Crippen LogP contribution in [0.15, 0.2) is 11.1 Å². The van der Waals surface area contributed by atoms with E-state index >= 15 is 0 Å². The molecule has 0 spiro atoms. The molecule has 17 heavy (non-hydrogen) atoms. The monoisotopic (exact) mass is 350 g/mol. The molecule has 0 saturated carbocycles. The molecule has 0 aromatic carbocycles. The van der Waals surface area contributed by atoms with Gasteiger partial charge in [-0.3, -0.25) is 9.59 Å². The molecular formula is C10H15IN4O2. The van der Waals surface area contributed by atoms with Gasteiger partial charge in [0.2, 0.25) is 5.91 Å². The highest BCUT2D eigenvalue weighted by atomic mass is 127. The maximum Gasteiger partial charge on any atom is 0.266 e. The van der Waals surface area contributed by atoms with Crippen LogP contribution in [0.2, 0.25) is 0 Å². The largest absolute Gasteiger partial charge is 0.358 e. The first-order chi connectivity index (χ1) is 8.10. The number of hydrogen-bond acceptors (Lipinski definition) is 4. The Morgan fingerprint density at radius 2 is 2.35 bits per heavy atom. The number of amides is 1. The van der Waals surface area contributed by atoms with Crippen LogP contribution < -0.4 is 15.8 Å². The average molecular weight is 350 g/mol. The number of hydrogen-bond donors (Lipinski definition) is 2. The van der Waals surface area contributed by atoms with E-state index in [0.29, 0.717) is 15.9 Å². The third-order valence-electron chi connectivity index (χ3n) is 2.18. The topological polar surface area (TPSA) is 78.1 Å². The summed E-state index contributed by atoms with van der Waals surface area (Å²) in [7, 11) is 1.59. The molecule has 0 atom stereocenters. The Morgan fingerprint density at radius 1 is 1.65 bits per heavy atom. The molecule has 1 amide bonds. The molecule has 7 heteroatoms. The molecule has 1 heterocycles. The van der Waals surface area contributed by atoms with E-state index in [0.717, 1.165) is 6.42 Å². The van der Waals surface area contributed by atoms with E-state index in [9.17, 15) is 9.59 Å². The molecule has 2 N–H and O–H groups in total. The number of nitrogens with zero attached hydrogens (tertiary/aromatic N) is 2. The predicted molar refractivity (Wildman–Crippen MR) is 74.1 cm³/mol. The summed E-state index contributed by atoms with van der Waals surface area (Å²) in [5.41, 5.74) is -0.186. The van der Waals surface area contributed by atoms with Gasteiger partial charge in [-0.1, -0.05) is 6.92 Å². The number of aromatic nitrogens is 2. The van der Waals surface area contributed by atoms with Crippen molar-refractivity contribution in [3.8, 4) is 0 Å². The van der Waals surface area contributed by atoms with E-state index in [-0.39, 0.29) is 18.0 Å². The zero-order valence-corrected chi connectivity index (χ0v) is 11.9. The van der Waals surface area contributed by atoms with Crippen LogP contribution in [-0.4, -0.2) is 36.0 Å². The number of nitrogens with one attached hydrogen (secondary N) is 2. The Morgan fingerprint density at radius 3 is 2.94 bits per heavy atom. The van der Waals surface area contributed by atoms with Crippen LogP contribution in [0.4, 0.5) is 5.82 Å². The van der Waals surface area contributed by atoms with Crippen LogP contribution in [0.1, 0.15) is 13.3 Å². The number of anilines is 1. The second kappa shape index (κ2) is 6.58. The van der Waals surface area contributed by atoms with E-state index < -0.39 is 0 Å². The SMILES string of the molecule is CCCN(CC(=O)NC)c1nc[nH]c(=O)c1I. The van der Waals surface area contributed by atoms with E-state index in [1.807, 2.05) is 29.5 Å². The van der Waals surface area contributed by atoms with Crippen molar-refractivity contribution >= 4 is 34.3 Å². The van der Waals surface area contributed by atoms with Crippen molar-refractivity contribution in [3.05, 3.63) is 20.3 Å². The minimum Gasteiger partial charge on any atom is -0.358 e. The van der Waals surface area contributed by atoms with Crippen molar-refractivity contribution < 1.29 is 4.79 Å². The van der Waals surface area contributed by atoms with E-state index in [2.05, 4.69) is 15.3 Å². The summed E-state index contributed by atoms with van der Waals surface area (Å²) in [6.07, 6.45) is 2.23. The first-order valence-corrected chi connectivity index (χ1v) is 6.36. The summed E-state index contributed by atoms with van der Waals surface area (Å²) in [5.74, 6) is 0.455. The molecule has 0 unspecified atom stereocenters. The second-order valence-electron chi connectivity index (χ2n) is 3.46. The van der Waals surface area contributed by atoms with Crippen molar-refractivity contribution in [2.24, 2.45) is 0 Å². The third-order valence-corrected chi connectivity index (χ3v) is 3.16. The smallest absolute Gasteiger partial charge is 0.266 e. The molecule has 1 aromatic rings. The standard InChI is InChI=1S/C10H15IN4O2/c1-3-4-15(5-7(16)12-2)9-8(11)10(17)14-6-13-9/h6H,3-5H2,1-2H3,(H,12,16)(H,13,14,17). The fraction of sp³-hybridized carbons (Fsp3) is 0.500. The summed E-state index contributed by atoms with van der Waals surface area (Å²) in [5, 5.41) is 2.56. The van der Waals surface area contributed by atoms with Crippen LogP contribution in [0.25, 0.3) is 0 Å². The normalized spacial score (nSPS) is 10.1. The second-order valence-corrected chi connectivity index (χ2v) is 4.54. The number of carbonyl (C=O) groups excluding carboxylic acids is 1. The lowest BCUT2D eigenvalue weighted by Gasteiger charge is -2.22. The van der Waals surface area contributed by atoms with E-state index in [1.54, 1.807) is 11.9 Å². The maximum atomic E-state index is 11.5. The average Bonchev–Trinajstić information content (AvgIpc) is 2.32. The number of rotatable bonds is 5. The predicted octanol–water partition coefficient (Wildman–Crippen LogP) is 0.337. The number of carbonyl (C=O) groups is 1. The van der Waals surface area contributed by atoms with E-state index in [1.165, 1.54) is 6.33 Å². The summed E-state index contributed by atoms with van der Waals surface area (Å²) >= 11 is 1.94. The summed E-state index contributed by atoms with van der Waals surface area (Å²) < 4.78 is 0.502. The molecule has 1 aromatic heterocycles. The van der Waals surface area contributed by atoms with Crippen LogP contribution in [0.3, 0.4) is 0 Å². The molecule has 0 aliphatic rings. The highest BCUT2D eigenvalue weighted by Gasteiger charge is 2.15. The van der Waals surface area contributed by atoms with Gasteiger partial charge in [-0.15, -0.1) is 0 Å². The Balaban J connectivity index is 3.00. The highest BCUT2D eigenvalue weighted by Crippen LogP contribution is 2.15. The quantitative estimate of drug-likeness (QED) is 0.751. The van der Waals surface area contributed by atoms with Gasteiger partial charge in [0.25, 0.3) is 5.56 Å². The zero-order chi connectivity index (χ0) is 12.8. The van der Waals surface area contributed by atoms with Gasteiger partial charge in [0.05, 0.1) is 12.9 Å².